The molecular formula is C10H18N2O4S. The van der Waals surface area contributed by atoms with Crippen LogP contribution in [0, 0.1) is 0 Å². The first kappa shape index (κ1) is 14.2. The molecule has 0 saturated heterocycles. The maximum Gasteiger partial charge on any atom is 0.275 e. The second-order valence-corrected chi connectivity index (χ2v) is 6.07. The van der Waals surface area contributed by atoms with E-state index < -0.39 is 16.1 Å². The Morgan fingerprint density at radius 3 is 2.65 bits per heavy atom. The highest BCUT2D eigenvalue weighted by Gasteiger charge is 2.21. The Morgan fingerprint density at radius 2 is 2.12 bits per heavy atom. The Labute approximate surface area is 101 Å². The van der Waals surface area contributed by atoms with E-state index in [9.17, 15) is 8.42 Å². The van der Waals surface area contributed by atoms with Gasteiger partial charge in [-0.1, -0.05) is 0 Å². The molecule has 1 unspecified atom stereocenters. The van der Waals surface area contributed by atoms with E-state index in [4.69, 9.17) is 9.52 Å². The van der Waals surface area contributed by atoms with Crippen molar-refractivity contribution in [1.29, 1.82) is 0 Å². The molecule has 0 spiro atoms. The molecule has 98 valence electrons. The first-order chi connectivity index (χ1) is 7.84. The molecule has 17 heavy (non-hydrogen) atoms. The maximum atomic E-state index is 11.7. The van der Waals surface area contributed by atoms with Gasteiger partial charge in [-0.15, -0.1) is 0 Å². The first-order valence-electron chi connectivity index (χ1n) is 5.24. The van der Waals surface area contributed by atoms with Crippen LogP contribution in [0.2, 0.25) is 0 Å². The van der Waals surface area contributed by atoms with Crippen molar-refractivity contribution < 1.29 is 17.9 Å². The normalized spacial score (nSPS) is 14.2. The van der Waals surface area contributed by atoms with Crippen molar-refractivity contribution >= 4 is 10.0 Å². The Balaban J connectivity index is 2.66. The number of aliphatic hydroxyl groups excluding tert-OH is 1. The summed E-state index contributed by atoms with van der Waals surface area (Å²) in [6.45, 7) is 2.47. The molecular weight excluding hydrogens is 244 g/mol. The predicted octanol–water partition coefficient (Wildman–Crippen LogP) is 0.000300. The third-order valence-corrected chi connectivity index (χ3v) is 3.80. The summed E-state index contributed by atoms with van der Waals surface area (Å²) in [5, 5.41) is 11.9. The fourth-order valence-electron chi connectivity index (χ4n) is 1.18. The minimum Gasteiger partial charge on any atom is -0.447 e. The van der Waals surface area contributed by atoms with Crippen molar-refractivity contribution in [2.24, 2.45) is 0 Å². The third kappa shape index (κ3) is 3.81. The summed E-state index contributed by atoms with van der Waals surface area (Å²) >= 11 is 0. The van der Waals surface area contributed by atoms with Crippen LogP contribution in [0.4, 0.5) is 0 Å². The number of aliphatic hydroxyl groups is 1. The molecule has 1 aromatic heterocycles. The lowest BCUT2D eigenvalue weighted by Gasteiger charge is -2.08. The third-order valence-electron chi connectivity index (χ3n) is 2.11. The Bertz CT molecular complexity index is 451. The van der Waals surface area contributed by atoms with Crippen molar-refractivity contribution in [2.75, 3.05) is 20.6 Å². The van der Waals surface area contributed by atoms with Crippen LogP contribution in [0.1, 0.15) is 12.7 Å². The van der Waals surface area contributed by atoms with Crippen molar-refractivity contribution in [3.63, 3.8) is 0 Å². The van der Waals surface area contributed by atoms with Gasteiger partial charge in [0.05, 0.1) is 12.6 Å². The van der Waals surface area contributed by atoms with Gasteiger partial charge in [0.25, 0.3) is 10.0 Å². The molecule has 1 aromatic rings. The van der Waals surface area contributed by atoms with Crippen molar-refractivity contribution in [2.45, 2.75) is 24.7 Å². The summed E-state index contributed by atoms with van der Waals surface area (Å²) in [6, 6.07) is 3.03. The number of hydrogen-bond acceptors (Lipinski definition) is 5. The lowest BCUT2D eigenvalue weighted by atomic mass is 10.4. The van der Waals surface area contributed by atoms with Gasteiger partial charge in [0.15, 0.2) is 0 Å². The minimum absolute atomic E-state index is 0.0728. The van der Waals surface area contributed by atoms with Gasteiger partial charge in [0.2, 0.25) is 5.09 Å². The molecule has 1 heterocycles. The molecule has 1 rings (SSSR count). The van der Waals surface area contributed by atoms with Crippen LogP contribution in [0.5, 0.6) is 0 Å². The second-order valence-electron chi connectivity index (χ2n) is 3.99. The molecule has 7 heteroatoms. The highest BCUT2D eigenvalue weighted by molar-refractivity contribution is 7.88. The molecule has 0 aliphatic heterocycles. The zero-order chi connectivity index (χ0) is 13.1. The summed E-state index contributed by atoms with van der Waals surface area (Å²) < 4.78 is 29.7. The van der Waals surface area contributed by atoms with E-state index in [2.05, 4.69) is 5.32 Å². The van der Waals surface area contributed by atoms with E-state index in [0.29, 0.717) is 18.8 Å². The fourth-order valence-corrected chi connectivity index (χ4v) is 1.99. The quantitative estimate of drug-likeness (QED) is 0.754. The molecule has 2 N–H and O–H groups in total. The molecule has 6 nitrogen and oxygen atoms in total. The SMILES string of the molecule is CC(O)CNCc1ccc(S(=O)(=O)N(C)C)o1. The number of nitrogens with one attached hydrogen (secondary N) is 1. The maximum absolute atomic E-state index is 11.7. The van der Waals surface area contributed by atoms with Crippen LogP contribution in [0.25, 0.3) is 0 Å². The van der Waals surface area contributed by atoms with E-state index in [-0.39, 0.29) is 5.09 Å². The fraction of sp³-hybridized carbons (Fsp3) is 0.600. The molecule has 0 aliphatic carbocycles. The van der Waals surface area contributed by atoms with E-state index in [1.165, 1.54) is 20.2 Å². The van der Waals surface area contributed by atoms with Crippen molar-refractivity contribution in [3.8, 4) is 0 Å². The molecule has 0 fully saturated rings. The van der Waals surface area contributed by atoms with E-state index in [0.717, 1.165) is 4.31 Å². The van der Waals surface area contributed by atoms with Crippen molar-refractivity contribution in [3.05, 3.63) is 17.9 Å². The van der Waals surface area contributed by atoms with Gasteiger partial charge in [-0.3, -0.25) is 0 Å². The van der Waals surface area contributed by atoms with Gasteiger partial charge in [-0.05, 0) is 19.1 Å². The summed E-state index contributed by atoms with van der Waals surface area (Å²) in [7, 11) is -0.613. The van der Waals surface area contributed by atoms with Gasteiger partial charge >= 0.3 is 0 Å². The predicted molar refractivity (Wildman–Crippen MR) is 63.0 cm³/mol. The summed E-state index contributed by atoms with van der Waals surface area (Å²) in [4.78, 5) is 0. The van der Waals surface area contributed by atoms with Gasteiger partial charge in [-0.2, -0.15) is 0 Å². The van der Waals surface area contributed by atoms with Crippen LogP contribution < -0.4 is 5.32 Å². The molecule has 0 radical (unpaired) electrons. The molecule has 0 bridgehead atoms. The Kier molecular flexibility index (Phi) is 4.70. The van der Waals surface area contributed by atoms with Gasteiger partial charge < -0.3 is 14.8 Å². The van der Waals surface area contributed by atoms with Crippen LogP contribution in [-0.4, -0.2) is 44.6 Å². The van der Waals surface area contributed by atoms with Gasteiger partial charge in [-0.25, -0.2) is 12.7 Å². The molecule has 0 saturated carbocycles. The molecule has 0 aromatic carbocycles. The van der Waals surface area contributed by atoms with Crippen LogP contribution in [0.3, 0.4) is 0 Å². The van der Waals surface area contributed by atoms with E-state index >= 15 is 0 Å². The second kappa shape index (κ2) is 5.63. The van der Waals surface area contributed by atoms with Crippen LogP contribution in [0.15, 0.2) is 21.6 Å². The highest BCUT2D eigenvalue weighted by atomic mass is 32.2. The molecule has 0 amide bonds. The Hall–Kier alpha value is -0.890. The summed E-state index contributed by atoms with van der Waals surface area (Å²) in [6.07, 6.45) is -0.449. The summed E-state index contributed by atoms with van der Waals surface area (Å²) in [5.41, 5.74) is 0. The minimum atomic E-state index is -3.51. The van der Waals surface area contributed by atoms with Crippen LogP contribution >= 0.6 is 0 Å². The first-order valence-corrected chi connectivity index (χ1v) is 6.68. The van der Waals surface area contributed by atoms with Gasteiger partial charge in [0, 0.05) is 20.6 Å². The van der Waals surface area contributed by atoms with Crippen molar-refractivity contribution in [1.82, 2.24) is 9.62 Å². The molecule has 0 aliphatic rings. The number of sulfonamides is 1. The topological polar surface area (TPSA) is 82.8 Å². The zero-order valence-corrected chi connectivity index (χ0v) is 11.0. The Morgan fingerprint density at radius 1 is 1.47 bits per heavy atom. The number of hydrogen-bond donors (Lipinski definition) is 2. The highest BCUT2D eigenvalue weighted by Crippen LogP contribution is 2.16. The monoisotopic (exact) mass is 262 g/mol. The van der Waals surface area contributed by atoms with E-state index in [1.807, 2.05) is 0 Å². The standard InChI is InChI=1S/C10H18N2O4S/c1-8(13)6-11-7-9-4-5-10(16-9)17(14,15)12(2)3/h4-5,8,11,13H,6-7H2,1-3H3. The average molecular weight is 262 g/mol. The summed E-state index contributed by atoms with van der Waals surface area (Å²) in [5.74, 6) is 0.520. The van der Waals surface area contributed by atoms with E-state index in [1.54, 1.807) is 13.0 Å². The average Bonchev–Trinajstić information content (AvgIpc) is 2.66. The number of rotatable bonds is 6. The lowest BCUT2D eigenvalue weighted by molar-refractivity contribution is 0.189. The number of furan rings is 1. The lowest BCUT2D eigenvalue weighted by Crippen LogP contribution is -2.23. The zero-order valence-electron chi connectivity index (χ0n) is 10.2. The van der Waals surface area contributed by atoms with Gasteiger partial charge in [0.1, 0.15) is 5.76 Å². The smallest absolute Gasteiger partial charge is 0.275 e. The van der Waals surface area contributed by atoms with Crippen LogP contribution in [-0.2, 0) is 16.6 Å². The molecule has 1 atom stereocenters. The largest absolute Gasteiger partial charge is 0.447 e. The number of nitrogens with zero attached hydrogens (tertiary/aromatic N) is 1.